The number of amides is 1. The summed E-state index contributed by atoms with van der Waals surface area (Å²) in [6, 6.07) is 13.7. The van der Waals surface area contributed by atoms with Gasteiger partial charge >= 0.3 is 0 Å². The molecule has 0 aromatic heterocycles. The van der Waals surface area contributed by atoms with E-state index in [0.717, 1.165) is 5.56 Å². The number of hydrogen-bond acceptors (Lipinski definition) is 5. The summed E-state index contributed by atoms with van der Waals surface area (Å²) in [4.78, 5) is 12.3. The molecule has 2 rings (SSSR count). The van der Waals surface area contributed by atoms with Crippen molar-refractivity contribution in [3.63, 3.8) is 0 Å². The first kappa shape index (κ1) is 18.9. The van der Waals surface area contributed by atoms with Crippen LogP contribution in [0.3, 0.4) is 0 Å². The topological polar surface area (TPSA) is 97.9 Å². The van der Waals surface area contributed by atoms with Crippen LogP contribution in [0.4, 0.5) is 11.4 Å². The number of carbonyl (C=O) groups is 1. The smallest absolute Gasteiger partial charge is 0.267 e. The third-order valence-corrected chi connectivity index (χ3v) is 3.92. The van der Waals surface area contributed by atoms with Crippen LogP contribution in [0.25, 0.3) is 0 Å². The summed E-state index contributed by atoms with van der Waals surface area (Å²) in [5.74, 6) is -0.156. The molecule has 6 nitrogen and oxygen atoms in total. The zero-order chi connectivity index (χ0) is 19.1. The summed E-state index contributed by atoms with van der Waals surface area (Å²) in [5.41, 5.74) is 1.86. The van der Waals surface area contributed by atoms with Gasteiger partial charge in [-0.3, -0.25) is 4.79 Å². The van der Waals surface area contributed by atoms with Crippen LogP contribution in [0.5, 0.6) is 5.75 Å². The Labute approximate surface area is 156 Å². The molecule has 7 heteroatoms. The molecule has 0 unspecified atom stereocenters. The van der Waals surface area contributed by atoms with Gasteiger partial charge in [0.25, 0.3) is 5.91 Å². The Kier molecular flexibility index (Phi) is 6.21. The van der Waals surface area contributed by atoms with E-state index in [1.54, 1.807) is 36.4 Å². The maximum absolute atomic E-state index is 12.3. The molecule has 2 aromatic rings. The lowest BCUT2D eigenvalue weighted by Crippen LogP contribution is -2.15. The van der Waals surface area contributed by atoms with Gasteiger partial charge in [0.1, 0.15) is 23.5 Å². The molecule has 0 fully saturated rings. The largest absolute Gasteiger partial charge is 0.495 e. The standard InChI is InChI=1S/C19H15ClN4O2/c1-12-7-17(18(26-2)8-15(12)20)23-11-14(10-22)19(25)24-16-6-4-3-5-13(16)9-21/h3-8,11,23H,1-2H3,(H,24,25)/b14-11-. The van der Waals surface area contributed by atoms with Crippen LogP contribution in [0.1, 0.15) is 11.1 Å². The molecule has 26 heavy (non-hydrogen) atoms. The SMILES string of the molecule is COc1cc(Cl)c(C)cc1N/C=C(/C#N)C(=O)Nc1ccccc1C#N. The van der Waals surface area contributed by atoms with Gasteiger partial charge in [-0.1, -0.05) is 23.7 Å². The second-order valence-electron chi connectivity index (χ2n) is 5.23. The summed E-state index contributed by atoms with van der Waals surface area (Å²) < 4.78 is 5.24. The Morgan fingerprint density at radius 2 is 1.96 bits per heavy atom. The minimum absolute atomic E-state index is 0.160. The molecule has 0 radical (unpaired) electrons. The highest BCUT2D eigenvalue weighted by Crippen LogP contribution is 2.31. The maximum Gasteiger partial charge on any atom is 0.267 e. The molecule has 0 heterocycles. The van der Waals surface area contributed by atoms with E-state index in [1.165, 1.54) is 13.3 Å². The molecule has 1 amide bonds. The number of rotatable bonds is 5. The van der Waals surface area contributed by atoms with Crippen molar-refractivity contribution >= 4 is 28.9 Å². The van der Waals surface area contributed by atoms with Crippen LogP contribution in [0, 0.1) is 29.6 Å². The predicted octanol–water partition coefficient (Wildman–Crippen LogP) is 3.99. The number of nitriles is 2. The molecule has 0 bridgehead atoms. The number of nitrogens with zero attached hydrogens (tertiary/aromatic N) is 2. The van der Waals surface area contributed by atoms with Gasteiger partial charge in [-0.15, -0.1) is 0 Å². The Hall–Kier alpha value is -3.48. The van der Waals surface area contributed by atoms with Crippen molar-refractivity contribution in [2.75, 3.05) is 17.7 Å². The van der Waals surface area contributed by atoms with Crippen LogP contribution in [-0.2, 0) is 4.79 Å². The number of benzene rings is 2. The fourth-order valence-corrected chi connectivity index (χ4v) is 2.28. The summed E-state index contributed by atoms with van der Waals surface area (Å²) >= 11 is 6.06. The van der Waals surface area contributed by atoms with Gasteiger partial charge < -0.3 is 15.4 Å². The fourth-order valence-electron chi connectivity index (χ4n) is 2.12. The molecule has 0 saturated carbocycles. The van der Waals surface area contributed by atoms with Gasteiger partial charge in [0.15, 0.2) is 0 Å². The molecular weight excluding hydrogens is 352 g/mol. The molecule has 0 saturated heterocycles. The second-order valence-corrected chi connectivity index (χ2v) is 5.63. The molecular formula is C19H15ClN4O2. The molecule has 0 aliphatic heterocycles. The average Bonchev–Trinajstić information content (AvgIpc) is 2.65. The monoisotopic (exact) mass is 366 g/mol. The van der Waals surface area contributed by atoms with E-state index in [9.17, 15) is 10.1 Å². The highest BCUT2D eigenvalue weighted by Gasteiger charge is 2.12. The van der Waals surface area contributed by atoms with E-state index in [0.29, 0.717) is 27.7 Å². The molecule has 0 spiro atoms. The number of aryl methyl sites for hydroxylation is 1. The Morgan fingerprint density at radius 1 is 1.23 bits per heavy atom. The number of halogens is 1. The van der Waals surface area contributed by atoms with Crippen molar-refractivity contribution in [1.29, 1.82) is 10.5 Å². The molecule has 0 atom stereocenters. The van der Waals surface area contributed by atoms with Crippen molar-refractivity contribution in [3.05, 3.63) is 64.3 Å². The molecule has 0 aliphatic rings. The van der Waals surface area contributed by atoms with Gasteiger partial charge in [-0.2, -0.15) is 10.5 Å². The van der Waals surface area contributed by atoms with Gasteiger partial charge in [0.05, 0.1) is 24.0 Å². The summed E-state index contributed by atoms with van der Waals surface area (Å²) in [5, 5.41) is 24.3. The number of para-hydroxylation sites is 1. The van der Waals surface area contributed by atoms with Crippen LogP contribution in [0.15, 0.2) is 48.2 Å². The van der Waals surface area contributed by atoms with Crippen LogP contribution < -0.4 is 15.4 Å². The number of nitrogens with one attached hydrogen (secondary N) is 2. The predicted molar refractivity (Wildman–Crippen MR) is 99.8 cm³/mol. The van der Waals surface area contributed by atoms with E-state index in [1.807, 2.05) is 19.1 Å². The van der Waals surface area contributed by atoms with Crippen LogP contribution >= 0.6 is 11.6 Å². The minimum atomic E-state index is -0.632. The van der Waals surface area contributed by atoms with Gasteiger partial charge in [0, 0.05) is 17.3 Å². The Bertz CT molecular complexity index is 955. The van der Waals surface area contributed by atoms with Crippen molar-refractivity contribution < 1.29 is 9.53 Å². The Balaban J connectivity index is 2.23. The average molecular weight is 367 g/mol. The Morgan fingerprint density at radius 3 is 2.62 bits per heavy atom. The number of anilines is 2. The first-order valence-corrected chi connectivity index (χ1v) is 7.89. The van der Waals surface area contributed by atoms with Gasteiger partial charge in [0.2, 0.25) is 0 Å². The minimum Gasteiger partial charge on any atom is -0.495 e. The van der Waals surface area contributed by atoms with Crippen LogP contribution in [0.2, 0.25) is 5.02 Å². The number of hydrogen-bond donors (Lipinski definition) is 2. The van der Waals surface area contributed by atoms with Crippen LogP contribution in [-0.4, -0.2) is 13.0 Å². The van der Waals surface area contributed by atoms with Crippen molar-refractivity contribution in [2.45, 2.75) is 6.92 Å². The number of ether oxygens (including phenoxy) is 1. The lowest BCUT2D eigenvalue weighted by molar-refractivity contribution is -0.112. The second kappa shape index (κ2) is 8.57. The van der Waals surface area contributed by atoms with E-state index >= 15 is 0 Å². The first-order valence-electron chi connectivity index (χ1n) is 7.51. The quantitative estimate of drug-likeness (QED) is 0.616. The highest BCUT2D eigenvalue weighted by molar-refractivity contribution is 6.31. The normalized spacial score (nSPS) is 10.4. The lowest BCUT2D eigenvalue weighted by atomic mass is 10.2. The molecule has 0 aliphatic carbocycles. The third kappa shape index (κ3) is 4.32. The van der Waals surface area contributed by atoms with E-state index in [-0.39, 0.29) is 5.57 Å². The molecule has 130 valence electrons. The van der Waals surface area contributed by atoms with Gasteiger partial charge in [-0.25, -0.2) is 0 Å². The summed E-state index contributed by atoms with van der Waals surface area (Å²) in [6.07, 6.45) is 1.27. The first-order chi connectivity index (χ1) is 12.5. The third-order valence-electron chi connectivity index (χ3n) is 3.51. The van der Waals surface area contributed by atoms with E-state index in [4.69, 9.17) is 21.6 Å². The molecule has 2 aromatic carbocycles. The zero-order valence-corrected chi connectivity index (χ0v) is 14.9. The van der Waals surface area contributed by atoms with E-state index < -0.39 is 5.91 Å². The summed E-state index contributed by atoms with van der Waals surface area (Å²) in [7, 11) is 1.49. The fraction of sp³-hybridized carbons (Fsp3) is 0.105. The van der Waals surface area contributed by atoms with Crippen molar-refractivity contribution in [1.82, 2.24) is 0 Å². The number of methoxy groups -OCH3 is 1. The number of carbonyl (C=O) groups excluding carboxylic acids is 1. The zero-order valence-electron chi connectivity index (χ0n) is 14.1. The van der Waals surface area contributed by atoms with E-state index in [2.05, 4.69) is 10.6 Å². The lowest BCUT2D eigenvalue weighted by Gasteiger charge is -2.11. The molecule has 2 N–H and O–H groups in total. The highest BCUT2D eigenvalue weighted by atomic mass is 35.5. The van der Waals surface area contributed by atoms with Gasteiger partial charge in [-0.05, 0) is 30.7 Å². The van der Waals surface area contributed by atoms with Crippen molar-refractivity contribution in [3.8, 4) is 17.9 Å². The maximum atomic E-state index is 12.3. The summed E-state index contributed by atoms with van der Waals surface area (Å²) in [6.45, 7) is 1.83. The van der Waals surface area contributed by atoms with Crippen molar-refractivity contribution in [2.24, 2.45) is 0 Å².